The first-order valence-electron chi connectivity index (χ1n) is 6.75. The highest BCUT2D eigenvalue weighted by atomic mass is 16.5. The summed E-state index contributed by atoms with van der Waals surface area (Å²) in [5.74, 6) is -3.08. The van der Waals surface area contributed by atoms with Crippen LogP contribution >= 0.6 is 0 Å². The van der Waals surface area contributed by atoms with E-state index < -0.39 is 66.8 Å². The SMILES string of the molecule is CC(=O)[C@]1(N)[C@H](NC(=O)C[C@H](N)C(=O)O)O[C@H](CO)[C@@H](O)[C@@H]1O. The number of aliphatic hydroxyl groups is 3. The summed E-state index contributed by atoms with van der Waals surface area (Å²) in [6.45, 7) is 0.327. The van der Waals surface area contributed by atoms with Gasteiger partial charge < -0.3 is 41.9 Å². The van der Waals surface area contributed by atoms with Gasteiger partial charge in [-0.15, -0.1) is 0 Å². The topological polar surface area (TPSA) is 205 Å². The van der Waals surface area contributed by atoms with Gasteiger partial charge >= 0.3 is 5.97 Å². The van der Waals surface area contributed by atoms with Crippen molar-refractivity contribution in [2.75, 3.05) is 6.61 Å². The number of ether oxygens (including phenoxy) is 1. The van der Waals surface area contributed by atoms with Gasteiger partial charge in [0, 0.05) is 0 Å². The second kappa shape index (κ2) is 7.29. The van der Waals surface area contributed by atoms with Gasteiger partial charge in [0.25, 0.3) is 0 Å². The average Bonchev–Trinajstić information content (AvgIpc) is 2.47. The van der Waals surface area contributed by atoms with E-state index in [1.165, 1.54) is 0 Å². The van der Waals surface area contributed by atoms with Gasteiger partial charge in [0.2, 0.25) is 5.91 Å². The molecule has 0 aromatic carbocycles. The number of amides is 1. The quantitative estimate of drug-likeness (QED) is 0.248. The number of carbonyl (C=O) groups is 3. The molecule has 0 spiro atoms. The summed E-state index contributed by atoms with van der Waals surface area (Å²) >= 11 is 0. The molecule has 0 saturated carbocycles. The first-order valence-corrected chi connectivity index (χ1v) is 6.75. The monoisotopic (exact) mass is 335 g/mol. The van der Waals surface area contributed by atoms with Crippen molar-refractivity contribution in [3.05, 3.63) is 0 Å². The van der Waals surface area contributed by atoms with E-state index in [9.17, 15) is 24.6 Å². The molecule has 0 unspecified atom stereocenters. The molecular weight excluding hydrogens is 314 g/mol. The highest BCUT2D eigenvalue weighted by molar-refractivity contribution is 5.89. The Morgan fingerprint density at radius 2 is 1.91 bits per heavy atom. The van der Waals surface area contributed by atoms with Crippen molar-refractivity contribution >= 4 is 17.7 Å². The third kappa shape index (κ3) is 3.83. The number of nitrogens with two attached hydrogens (primary N) is 2. The van der Waals surface area contributed by atoms with Crippen molar-refractivity contribution in [1.29, 1.82) is 0 Å². The standard InChI is InChI=1S/C12H21N3O8/c1-4(17)12(14)9(20)8(19)6(3-16)23-11(12)15-7(18)2-5(13)10(21)22/h5-6,8-9,11,16,19-20H,2-3,13-14H2,1H3,(H,15,18)(H,21,22)/t5-,6+,8+,9-,11+,12+/m0/s1. The molecule has 1 amide bonds. The molecule has 1 rings (SSSR count). The predicted molar refractivity (Wildman–Crippen MR) is 73.7 cm³/mol. The number of carboxylic acid groups (broad SMARTS) is 1. The van der Waals surface area contributed by atoms with E-state index in [2.05, 4.69) is 5.32 Å². The second-order valence-electron chi connectivity index (χ2n) is 5.38. The maximum absolute atomic E-state index is 11.8. The van der Waals surface area contributed by atoms with Crippen LogP contribution in [-0.4, -0.2) is 80.8 Å². The zero-order valence-corrected chi connectivity index (χ0v) is 12.4. The van der Waals surface area contributed by atoms with E-state index in [4.69, 9.17) is 26.4 Å². The lowest BCUT2D eigenvalue weighted by molar-refractivity contribution is -0.221. The van der Waals surface area contributed by atoms with Crippen molar-refractivity contribution in [2.24, 2.45) is 11.5 Å². The lowest BCUT2D eigenvalue weighted by Crippen LogP contribution is -2.77. The highest BCUT2D eigenvalue weighted by Gasteiger charge is 2.56. The summed E-state index contributed by atoms with van der Waals surface area (Å²) in [5.41, 5.74) is 8.86. The third-order valence-corrected chi connectivity index (χ3v) is 3.74. The molecular formula is C12H21N3O8. The largest absolute Gasteiger partial charge is 0.480 e. The zero-order chi connectivity index (χ0) is 17.9. The summed E-state index contributed by atoms with van der Waals surface area (Å²) in [6, 6.07) is -1.48. The van der Waals surface area contributed by atoms with E-state index >= 15 is 0 Å². The van der Waals surface area contributed by atoms with Crippen LogP contribution in [0.25, 0.3) is 0 Å². The van der Waals surface area contributed by atoms with Gasteiger partial charge in [-0.25, -0.2) is 0 Å². The smallest absolute Gasteiger partial charge is 0.321 e. The van der Waals surface area contributed by atoms with Gasteiger partial charge in [0.15, 0.2) is 12.0 Å². The molecule has 0 bridgehead atoms. The number of aliphatic hydroxyl groups excluding tert-OH is 3. The number of rotatable bonds is 6. The summed E-state index contributed by atoms with van der Waals surface area (Å²) in [7, 11) is 0. The summed E-state index contributed by atoms with van der Waals surface area (Å²) < 4.78 is 5.18. The van der Waals surface area contributed by atoms with Gasteiger partial charge in [-0.3, -0.25) is 14.4 Å². The molecule has 11 heteroatoms. The molecule has 9 N–H and O–H groups in total. The molecule has 0 aromatic rings. The molecule has 1 aliphatic heterocycles. The Morgan fingerprint density at radius 3 is 2.35 bits per heavy atom. The molecule has 0 aliphatic carbocycles. The van der Waals surface area contributed by atoms with Crippen molar-refractivity contribution in [2.45, 2.75) is 49.5 Å². The Balaban J connectivity index is 2.97. The second-order valence-corrected chi connectivity index (χ2v) is 5.38. The number of carboxylic acids is 1. The number of hydrogen-bond acceptors (Lipinski definition) is 9. The fourth-order valence-corrected chi connectivity index (χ4v) is 2.20. The van der Waals surface area contributed by atoms with Gasteiger partial charge in [0.05, 0.1) is 13.0 Å². The Morgan fingerprint density at radius 1 is 1.35 bits per heavy atom. The van der Waals surface area contributed by atoms with Crippen LogP contribution in [-0.2, 0) is 19.1 Å². The fraction of sp³-hybridized carbons (Fsp3) is 0.750. The number of hydrogen-bond donors (Lipinski definition) is 7. The number of nitrogens with one attached hydrogen (secondary N) is 1. The molecule has 11 nitrogen and oxygen atoms in total. The molecule has 23 heavy (non-hydrogen) atoms. The molecule has 6 atom stereocenters. The summed E-state index contributed by atoms with van der Waals surface area (Å²) in [4.78, 5) is 34.2. The summed E-state index contributed by atoms with van der Waals surface area (Å²) in [5, 5.41) is 39.8. The van der Waals surface area contributed by atoms with Crippen molar-refractivity contribution in [3.8, 4) is 0 Å². The van der Waals surface area contributed by atoms with E-state index in [1.54, 1.807) is 0 Å². The molecule has 1 fully saturated rings. The Bertz CT molecular complexity index is 487. The van der Waals surface area contributed by atoms with Crippen molar-refractivity contribution in [1.82, 2.24) is 5.32 Å². The van der Waals surface area contributed by atoms with Crippen molar-refractivity contribution < 1.29 is 39.5 Å². The molecule has 1 saturated heterocycles. The first-order chi connectivity index (χ1) is 10.5. The minimum atomic E-state index is -2.17. The normalized spacial score (nSPS) is 35.4. The number of Topliss-reactive ketones (excluding diaryl/α,β-unsaturated/α-hetero) is 1. The van der Waals surface area contributed by atoms with Crippen LogP contribution in [0.15, 0.2) is 0 Å². The van der Waals surface area contributed by atoms with Crippen LogP contribution in [0.4, 0.5) is 0 Å². The molecule has 0 radical (unpaired) electrons. The van der Waals surface area contributed by atoms with Crippen LogP contribution in [0.2, 0.25) is 0 Å². The van der Waals surface area contributed by atoms with Gasteiger partial charge in [0.1, 0.15) is 29.9 Å². The average molecular weight is 335 g/mol. The minimum absolute atomic E-state index is 0.619. The molecule has 0 aromatic heterocycles. The van der Waals surface area contributed by atoms with Gasteiger partial charge in [-0.1, -0.05) is 0 Å². The highest BCUT2D eigenvalue weighted by Crippen LogP contribution is 2.28. The number of carbonyl (C=O) groups excluding carboxylic acids is 2. The number of aliphatic carboxylic acids is 1. The van der Waals surface area contributed by atoms with Crippen LogP contribution < -0.4 is 16.8 Å². The van der Waals surface area contributed by atoms with E-state index in [0.29, 0.717) is 0 Å². The van der Waals surface area contributed by atoms with E-state index in [1.807, 2.05) is 0 Å². The Kier molecular flexibility index (Phi) is 6.16. The minimum Gasteiger partial charge on any atom is -0.480 e. The third-order valence-electron chi connectivity index (χ3n) is 3.74. The van der Waals surface area contributed by atoms with Crippen LogP contribution in [0, 0.1) is 0 Å². The number of ketones is 1. The van der Waals surface area contributed by atoms with Crippen LogP contribution in [0.1, 0.15) is 13.3 Å². The van der Waals surface area contributed by atoms with Crippen LogP contribution in [0.3, 0.4) is 0 Å². The fourth-order valence-electron chi connectivity index (χ4n) is 2.20. The maximum Gasteiger partial charge on any atom is 0.321 e. The lowest BCUT2D eigenvalue weighted by atomic mass is 9.80. The van der Waals surface area contributed by atoms with Crippen molar-refractivity contribution in [3.63, 3.8) is 0 Å². The van der Waals surface area contributed by atoms with E-state index in [-0.39, 0.29) is 0 Å². The molecule has 1 aliphatic rings. The zero-order valence-electron chi connectivity index (χ0n) is 12.4. The Hall–Kier alpha value is -1.63. The molecule has 132 valence electrons. The lowest BCUT2D eigenvalue weighted by Gasteiger charge is -2.47. The first kappa shape index (κ1) is 19.4. The molecule has 1 heterocycles. The van der Waals surface area contributed by atoms with Gasteiger partial charge in [-0.2, -0.15) is 0 Å². The van der Waals surface area contributed by atoms with Crippen LogP contribution in [0.5, 0.6) is 0 Å². The van der Waals surface area contributed by atoms with E-state index in [0.717, 1.165) is 6.92 Å². The maximum atomic E-state index is 11.8. The Labute approximate surface area is 131 Å². The predicted octanol–water partition coefficient (Wildman–Crippen LogP) is -4.37. The van der Waals surface area contributed by atoms with Gasteiger partial charge in [-0.05, 0) is 6.92 Å². The summed E-state index contributed by atoms with van der Waals surface area (Å²) in [6.07, 6.45) is -6.96.